The van der Waals surface area contributed by atoms with E-state index in [9.17, 15) is 0 Å². The van der Waals surface area contributed by atoms with Crippen molar-refractivity contribution in [1.82, 2.24) is 4.98 Å². The molecule has 1 aromatic rings. The van der Waals surface area contributed by atoms with Crippen molar-refractivity contribution in [2.45, 2.75) is 25.8 Å². The van der Waals surface area contributed by atoms with Crippen LogP contribution in [0.5, 0.6) is 0 Å². The van der Waals surface area contributed by atoms with Gasteiger partial charge in [0.25, 0.3) is 0 Å². The van der Waals surface area contributed by atoms with Crippen molar-refractivity contribution in [2.24, 2.45) is 5.73 Å². The van der Waals surface area contributed by atoms with Gasteiger partial charge in [-0.2, -0.15) is 11.8 Å². The van der Waals surface area contributed by atoms with E-state index in [4.69, 9.17) is 10.5 Å². The lowest BCUT2D eigenvalue weighted by Gasteiger charge is -2.06. The fraction of sp³-hybridized carbons (Fsp3) is 0.727. The number of hydrogen-bond acceptors (Lipinski definition) is 5. The Morgan fingerprint density at radius 2 is 2.44 bits per heavy atom. The van der Waals surface area contributed by atoms with Gasteiger partial charge >= 0.3 is 0 Å². The molecular weight excluding hydrogens is 240 g/mol. The van der Waals surface area contributed by atoms with Gasteiger partial charge in [-0.15, -0.1) is 11.3 Å². The van der Waals surface area contributed by atoms with Crippen molar-refractivity contribution in [3.8, 4) is 0 Å². The normalized spacial score (nSPS) is 12.9. The molecule has 0 aliphatic carbocycles. The van der Waals surface area contributed by atoms with Gasteiger partial charge in [0.15, 0.2) is 0 Å². The van der Waals surface area contributed by atoms with E-state index in [2.05, 4.69) is 16.6 Å². The molecule has 0 fully saturated rings. The standard InChI is InChI=1S/C11H20N2OS2/c1-3-14-6-4-11-13-10(8-16-11)9(12)5-7-15-2/h8-9H,3-7,12H2,1-2H3. The summed E-state index contributed by atoms with van der Waals surface area (Å²) >= 11 is 3.51. The smallest absolute Gasteiger partial charge is 0.0951 e. The second-order valence-electron chi connectivity index (χ2n) is 3.50. The summed E-state index contributed by atoms with van der Waals surface area (Å²) in [5.41, 5.74) is 7.08. The highest BCUT2D eigenvalue weighted by Crippen LogP contribution is 2.19. The van der Waals surface area contributed by atoms with Crippen LogP contribution in [0.2, 0.25) is 0 Å². The lowest BCUT2D eigenvalue weighted by atomic mass is 10.2. The molecule has 5 heteroatoms. The summed E-state index contributed by atoms with van der Waals surface area (Å²) in [6.07, 6.45) is 3.99. The van der Waals surface area contributed by atoms with Gasteiger partial charge in [-0.1, -0.05) is 0 Å². The minimum absolute atomic E-state index is 0.0875. The van der Waals surface area contributed by atoms with Crippen LogP contribution >= 0.6 is 23.1 Å². The van der Waals surface area contributed by atoms with E-state index in [0.29, 0.717) is 0 Å². The van der Waals surface area contributed by atoms with Crippen LogP contribution < -0.4 is 5.73 Å². The number of ether oxygens (including phenoxy) is 1. The summed E-state index contributed by atoms with van der Waals surface area (Å²) in [5, 5.41) is 3.20. The molecule has 1 atom stereocenters. The van der Waals surface area contributed by atoms with Gasteiger partial charge < -0.3 is 10.5 Å². The van der Waals surface area contributed by atoms with Crippen molar-refractivity contribution < 1.29 is 4.74 Å². The molecule has 2 N–H and O–H groups in total. The fourth-order valence-corrected chi connectivity index (χ4v) is 2.64. The van der Waals surface area contributed by atoms with E-state index in [1.807, 2.05) is 18.7 Å². The van der Waals surface area contributed by atoms with Gasteiger partial charge in [0.05, 0.1) is 17.3 Å². The molecule has 3 nitrogen and oxygen atoms in total. The molecule has 1 rings (SSSR count). The van der Waals surface area contributed by atoms with Crippen LogP contribution in [-0.4, -0.2) is 30.2 Å². The van der Waals surface area contributed by atoms with E-state index >= 15 is 0 Å². The van der Waals surface area contributed by atoms with E-state index in [1.165, 1.54) is 0 Å². The van der Waals surface area contributed by atoms with Crippen LogP contribution in [0.15, 0.2) is 5.38 Å². The number of rotatable bonds is 8. The highest BCUT2D eigenvalue weighted by Gasteiger charge is 2.09. The first-order chi connectivity index (χ1) is 7.77. The van der Waals surface area contributed by atoms with Crippen molar-refractivity contribution in [1.29, 1.82) is 0 Å². The molecule has 0 saturated heterocycles. The highest BCUT2D eigenvalue weighted by atomic mass is 32.2. The van der Waals surface area contributed by atoms with E-state index in [-0.39, 0.29) is 6.04 Å². The topological polar surface area (TPSA) is 48.1 Å². The molecule has 0 saturated carbocycles. The maximum absolute atomic E-state index is 6.05. The third kappa shape index (κ3) is 4.82. The SMILES string of the molecule is CCOCCc1nc(C(N)CCSC)cs1. The summed E-state index contributed by atoms with van der Waals surface area (Å²) in [4.78, 5) is 4.54. The lowest BCUT2D eigenvalue weighted by molar-refractivity contribution is 0.151. The van der Waals surface area contributed by atoms with Crippen molar-refractivity contribution in [3.05, 3.63) is 16.1 Å². The Morgan fingerprint density at radius 1 is 1.62 bits per heavy atom. The number of hydrogen-bond donors (Lipinski definition) is 1. The molecule has 0 aliphatic heterocycles. The third-order valence-corrected chi connectivity index (χ3v) is 3.82. The Labute approximate surface area is 106 Å². The number of thiazole rings is 1. The largest absolute Gasteiger partial charge is 0.381 e. The highest BCUT2D eigenvalue weighted by molar-refractivity contribution is 7.98. The van der Waals surface area contributed by atoms with Crippen molar-refractivity contribution >= 4 is 23.1 Å². The first-order valence-corrected chi connectivity index (χ1v) is 7.81. The zero-order valence-electron chi connectivity index (χ0n) is 9.94. The number of nitrogens with two attached hydrogens (primary N) is 1. The molecule has 0 radical (unpaired) electrons. The van der Waals surface area contributed by atoms with Crippen molar-refractivity contribution in [2.75, 3.05) is 25.2 Å². The summed E-state index contributed by atoms with van der Waals surface area (Å²) in [6.45, 7) is 3.53. The van der Waals surface area contributed by atoms with Crippen LogP contribution in [0.3, 0.4) is 0 Å². The molecular formula is C11H20N2OS2. The summed E-state index contributed by atoms with van der Waals surface area (Å²) in [5.74, 6) is 1.09. The molecule has 16 heavy (non-hydrogen) atoms. The molecule has 0 spiro atoms. The maximum atomic E-state index is 6.05. The van der Waals surface area contributed by atoms with Crippen LogP contribution in [-0.2, 0) is 11.2 Å². The van der Waals surface area contributed by atoms with Crippen molar-refractivity contribution in [3.63, 3.8) is 0 Å². The monoisotopic (exact) mass is 260 g/mol. The molecule has 1 unspecified atom stereocenters. The minimum atomic E-state index is 0.0875. The van der Waals surface area contributed by atoms with Gasteiger partial charge in [0.2, 0.25) is 0 Å². The van der Waals surface area contributed by atoms with E-state index < -0.39 is 0 Å². The first-order valence-electron chi connectivity index (χ1n) is 5.54. The van der Waals surface area contributed by atoms with Crippen LogP contribution in [0, 0.1) is 0 Å². The fourth-order valence-electron chi connectivity index (χ4n) is 1.31. The van der Waals surface area contributed by atoms with E-state index in [1.54, 1.807) is 11.3 Å². The summed E-state index contributed by atoms with van der Waals surface area (Å²) in [7, 11) is 0. The number of thioether (sulfide) groups is 1. The molecule has 0 aromatic carbocycles. The molecule has 1 heterocycles. The molecule has 0 amide bonds. The average molecular weight is 260 g/mol. The zero-order chi connectivity index (χ0) is 11.8. The maximum Gasteiger partial charge on any atom is 0.0951 e. The number of nitrogens with zero attached hydrogens (tertiary/aromatic N) is 1. The molecule has 92 valence electrons. The number of aromatic nitrogens is 1. The Balaban J connectivity index is 2.37. The Morgan fingerprint density at radius 3 is 3.12 bits per heavy atom. The summed E-state index contributed by atoms with van der Waals surface area (Å²) < 4.78 is 5.30. The minimum Gasteiger partial charge on any atom is -0.381 e. The van der Waals surface area contributed by atoms with Gasteiger partial charge in [-0.3, -0.25) is 0 Å². The summed E-state index contributed by atoms with van der Waals surface area (Å²) in [6, 6.07) is 0.0875. The third-order valence-electron chi connectivity index (χ3n) is 2.25. The Kier molecular flexibility index (Phi) is 7.03. The van der Waals surface area contributed by atoms with Crippen LogP contribution in [0.25, 0.3) is 0 Å². The van der Waals surface area contributed by atoms with E-state index in [0.717, 1.165) is 42.5 Å². The second-order valence-corrected chi connectivity index (χ2v) is 5.43. The quantitative estimate of drug-likeness (QED) is 0.730. The van der Waals surface area contributed by atoms with Crippen LogP contribution in [0.1, 0.15) is 30.1 Å². The molecule has 1 aromatic heterocycles. The first kappa shape index (κ1) is 14.0. The molecule has 0 bridgehead atoms. The zero-order valence-corrected chi connectivity index (χ0v) is 11.6. The average Bonchev–Trinajstić information content (AvgIpc) is 2.75. The second kappa shape index (κ2) is 8.06. The van der Waals surface area contributed by atoms with Gasteiger partial charge in [0, 0.05) is 24.4 Å². The lowest BCUT2D eigenvalue weighted by Crippen LogP contribution is -2.11. The Hall–Kier alpha value is -0.100. The van der Waals surface area contributed by atoms with Gasteiger partial charge in [-0.25, -0.2) is 4.98 Å². The Bertz CT molecular complexity index is 291. The van der Waals surface area contributed by atoms with Gasteiger partial charge in [0.1, 0.15) is 0 Å². The predicted molar refractivity (Wildman–Crippen MR) is 72.2 cm³/mol. The molecule has 0 aliphatic rings. The predicted octanol–water partition coefficient (Wildman–Crippen LogP) is 2.48. The van der Waals surface area contributed by atoms with Crippen LogP contribution in [0.4, 0.5) is 0 Å². The van der Waals surface area contributed by atoms with Gasteiger partial charge in [-0.05, 0) is 25.4 Å².